The van der Waals surface area contributed by atoms with E-state index in [4.69, 9.17) is 9.26 Å². The molecule has 1 atom stereocenters. The van der Waals surface area contributed by atoms with E-state index >= 15 is 0 Å². The van der Waals surface area contributed by atoms with Gasteiger partial charge in [0.25, 0.3) is 11.6 Å². The van der Waals surface area contributed by atoms with Crippen molar-refractivity contribution in [2.24, 2.45) is 0 Å². The Labute approximate surface area is 115 Å². The lowest BCUT2D eigenvalue weighted by atomic mass is 10.1. The molecule has 2 aromatic heterocycles. The highest BCUT2D eigenvalue weighted by Crippen LogP contribution is 2.21. The number of aliphatic hydroxyl groups is 1. The van der Waals surface area contributed by atoms with Crippen molar-refractivity contribution >= 4 is 17.0 Å². The normalized spacial score (nSPS) is 12.6. The van der Waals surface area contributed by atoms with Crippen LogP contribution in [0.15, 0.2) is 10.6 Å². The number of nitrogens with one attached hydrogen (secondary N) is 1. The van der Waals surface area contributed by atoms with E-state index in [0.29, 0.717) is 28.1 Å². The molecule has 20 heavy (non-hydrogen) atoms. The van der Waals surface area contributed by atoms with E-state index in [1.165, 1.54) is 7.11 Å². The van der Waals surface area contributed by atoms with Crippen LogP contribution in [-0.4, -0.2) is 47.5 Å². The zero-order valence-electron chi connectivity index (χ0n) is 11.6. The molecule has 0 aliphatic rings. The first-order valence-corrected chi connectivity index (χ1v) is 6.21. The molecule has 0 aromatic carbocycles. The van der Waals surface area contributed by atoms with Crippen LogP contribution in [0.2, 0.25) is 0 Å². The third-order valence-electron chi connectivity index (χ3n) is 2.91. The number of nitrogens with zero attached hydrogens (tertiary/aromatic N) is 2. The van der Waals surface area contributed by atoms with Crippen molar-refractivity contribution in [1.29, 1.82) is 0 Å². The van der Waals surface area contributed by atoms with Crippen LogP contribution in [-0.2, 0) is 4.74 Å². The summed E-state index contributed by atoms with van der Waals surface area (Å²) in [7, 11) is 1.51. The third-order valence-corrected chi connectivity index (χ3v) is 2.91. The zero-order valence-corrected chi connectivity index (χ0v) is 11.6. The molecule has 0 fully saturated rings. The molecule has 2 heterocycles. The second kappa shape index (κ2) is 5.98. The minimum Gasteiger partial charge on any atom is -0.394 e. The standard InChI is InChI=1S/C13H17N3O4/c1-7-4-10(11-8(2)16-20-13(11)14-7)12(18)15-9(5-17)6-19-3/h4,9,17H,5-6H2,1-3H3,(H,15,18). The number of hydrogen-bond acceptors (Lipinski definition) is 6. The molecular weight excluding hydrogens is 262 g/mol. The molecule has 0 aliphatic heterocycles. The van der Waals surface area contributed by atoms with Gasteiger partial charge < -0.3 is 19.7 Å². The van der Waals surface area contributed by atoms with Crippen LogP contribution in [0.25, 0.3) is 11.1 Å². The van der Waals surface area contributed by atoms with Crippen molar-refractivity contribution in [2.45, 2.75) is 19.9 Å². The number of rotatable bonds is 5. The van der Waals surface area contributed by atoms with Crippen molar-refractivity contribution < 1.29 is 19.2 Å². The molecule has 0 bridgehead atoms. The molecule has 7 nitrogen and oxygen atoms in total. The Hall–Kier alpha value is -1.99. The smallest absolute Gasteiger partial charge is 0.258 e. The number of carbonyl (C=O) groups excluding carboxylic acids is 1. The quantitative estimate of drug-likeness (QED) is 0.830. The van der Waals surface area contributed by atoms with E-state index in [1.54, 1.807) is 19.9 Å². The summed E-state index contributed by atoms with van der Waals surface area (Å²) in [5.41, 5.74) is 2.02. The number of aryl methyl sites for hydroxylation is 2. The van der Waals surface area contributed by atoms with Gasteiger partial charge in [0.05, 0.1) is 35.9 Å². The van der Waals surface area contributed by atoms with Crippen LogP contribution in [0.1, 0.15) is 21.7 Å². The van der Waals surface area contributed by atoms with Crippen molar-refractivity contribution in [3.63, 3.8) is 0 Å². The van der Waals surface area contributed by atoms with Gasteiger partial charge >= 0.3 is 0 Å². The molecule has 2 N–H and O–H groups in total. The number of carbonyl (C=O) groups is 1. The Kier molecular flexibility index (Phi) is 4.31. The number of aromatic nitrogens is 2. The lowest BCUT2D eigenvalue weighted by Crippen LogP contribution is -2.40. The molecule has 0 saturated heterocycles. The monoisotopic (exact) mass is 279 g/mol. The Bertz CT molecular complexity index is 623. The maximum atomic E-state index is 12.3. The first-order chi connectivity index (χ1) is 9.56. The summed E-state index contributed by atoms with van der Waals surface area (Å²) in [4.78, 5) is 16.5. The summed E-state index contributed by atoms with van der Waals surface area (Å²) in [6.45, 7) is 3.55. The molecular formula is C13H17N3O4. The van der Waals surface area contributed by atoms with Gasteiger partial charge in [-0.3, -0.25) is 4.79 Å². The van der Waals surface area contributed by atoms with E-state index in [9.17, 15) is 9.90 Å². The fourth-order valence-corrected chi connectivity index (χ4v) is 2.00. The van der Waals surface area contributed by atoms with Gasteiger partial charge in [0, 0.05) is 12.8 Å². The first-order valence-electron chi connectivity index (χ1n) is 6.21. The lowest BCUT2D eigenvalue weighted by Gasteiger charge is -2.15. The van der Waals surface area contributed by atoms with Gasteiger partial charge in [0.15, 0.2) is 0 Å². The fourth-order valence-electron chi connectivity index (χ4n) is 2.00. The van der Waals surface area contributed by atoms with E-state index < -0.39 is 6.04 Å². The highest BCUT2D eigenvalue weighted by molar-refractivity contribution is 6.06. The van der Waals surface area contributed by atoms with Gasteiger partial charge in [-0.15, -0.1) is 0 Å². The van der Waals surface area contributed by atoms with Crippen LogP contribution < -0.4 is 5.32 Å². The molecule has 2 aromatic rings. The van der Waals surface area contributed by atoms with Gasteiger partial charge in [0.2, 0.25) is 0 Å². The molecule has 108 valence electrons. The average molecular weight is 279 g/mol. The largest absolute Gasteiger partial charge is 0.394 e. The molecule has 1 unspecified atom stereocenters. The molecule has 0 aliphatic carbocycles. The van der Waals surface area contributed by atoms with Crippen molar-refractivity contribution in [3.05, 3.63) is 23.0 Å². The van der Waals surface area contributed by atoms with Gasteiger partial charge in [-0.2, -0.15) is 0 Å². The predicted octanol–water partition coefficient (Wildman–Crippen LogP) is 0.577. The number of pyridine rings is 1. The average Bonchev–Trinajstić information content (AvgIpc) is 2.78. The van der Waals surface area contributed by atoms with Crippen LogP contribution in [0.4, 0.5) is 0 Å². The van der Waals surface area contributed by atoms with E-state index in [-0.39, 0.29) is 19.1 Å². The number of amides is 1. The summed E-state index contributed by atoms with van der Waals surface area (Å²) in [6.07, 6.45) is 0. The Balaban J connectivity index is 2.36. The molecule has 0 radical (unpaired) electrons. The van der Waals surface area contributed by atoms with Gasteiger partial charge in [-0.25, -0.2) is 4.98 Å². The van der Waals surface area contributed by atoms with E-state index in [2.05, 4.69) is 15.5 Å². The number of ether oxygens (including phenoxy) is 1. The third kappa shape index (κ3) is 2.78. The molecule has 0 saturated carbocycles. The maximum Gasteiger partial charge on any atom is 0.258 e. The van der Waals surface area contributed by atoms with E-state index in [0.717, 1.165) is 0 Å². The summed E-state index contributed by atoms with van der Waals surface area (Å²) in [5.74, 6) is -0.317. The second-order valence-electron chi connectivity index (χ2n) is 4.57. The highest BCUT2D eigenvalue weighted by atomic mass is 16.5. The van der Waals surface area contributed by atoms with Crippen molar-refractivity contribution in [2.75, 3.05) is 20.3 Å². The number of aliphatic hydroxyl groups excluding tert-OH is 1. The molecule has 2 rings (SSSR count). The maximum absolute atomic E-state index is 12.3. The zero-order chi connectivity index (χ0) is 14.7. The van der Waals surface area contributed by atoms with Crippen molar-refractivity contribution in [1.82, 2.24) is 15.5 Å². The van der Waals surface area contributed by atoms with Crippen LogP contribution in [0.3, 0.4) is 0 Å². The predicted molar refractivity (Wildman–Crippen MR) is 71.5 cm³/mol. The van der Waals surface area contributed by atoms with Crippen LogP contribution in [0, 0.1) is 13.8 Å². The second-order valence-corrected chi connectivity index (χ2v) is 4.57. The van der Waals surface area contributed by atoms with Gasteiger partial charge in [-0.1, -0.05) is 5.16 Å². The topological polar surface area (TPSA) is 97.5 Å². The summed E-state index contributed by atoms with van der Waals surface area (Å²) in [5, 5.41) is 16.3. The summed E-state index contributed by atoms with van der Waals surface area (Å²) < 4.78 is 10.0. The molecule has 1 amide bonds. The van der Waals surface area contributed by atoms with Gasteiger partial charge in [0.1, 0.15) is 0 Å². The van der Waals surface area contributed by atoms with Gasteiger partial charge in [-0.05, 0) is 19.9 Å². The Morgan fingerprint density at radius 3 is 2.95 bits per heavy atom. The lowest BCUT2D eigenvalue weighted by molar-refractivity contribution is 0.0841. The Morgan fingerprint density at radius 2 is 2.30 bits per heavy atom. The van der Waals surface area contributed by atoms with Crippen LogP contribution in [0.5, 0.6) is 0 Å². The Morgan fingerprint density at radius 1 is 1.55 bits per heavy atom. The highest BCUT2D eigenvalue weighted by Gasteiger charge is 2.20. The molecule has 7 heteroatoms. The number of hydrogen-bond donors (Lipinski definition) is 2. The van der Waals surface area contributed by atoms with Crippen LogP contribution >= 0.6 is 0 Å². The summed E-state index contributed by atoms with van der Waals surface area (Å²) in [6, 6.07) is 1.21. The number of fused-ring (bicyclic) bond motifs is 1. The number of methoxy groups -OCH3 is 1. The fraction of sp³-hybridized carbons (Fsp3) is 0.462. The molecule has 0 spiro atoms. The SMILES string of the molecule is COCC(CO)NC(=O)c1cc(C)nc2onc(C)c12. The van der Waals surface area contributed by atoms with Crippen molar-refractivity contribution in [3.8, 4) is 0 Å². The summed E-state index contributed by atoms with van der Waals surface area (Å²) >= 11 is 0. The van der Waals surface area contributed by atoms with E-state index in [1.807, 2.05) is 0 Å². The minimum atomic E-state index is -0.462. The first kappa shape index (κ1) is 14.4. The minimum absolute atomic E-state index is 0.199.